The monoisotopic (exact) mass is 543 g/mol. The summed E-state index contributed by atoms with van der Waals surface area (Å²) in [5.74, 6) is -1.05. The third-order valence-corrected chi connectivity index (χ3v) is 8.19. The number of esters is 1. The Balaban J connectivity index is 1.70. The zero-order valence-corrected chi connectivity index (χ0v) is 22.0. The molecule has 0 fully saturated rings. The van der Waals surface area contributed by atoms with E-state index in [1.165, 1.54) is 60.9 Å². The van der Waals surface area contributed by atoms with Crippen LogP contribution in [0.3, 0.4) is 0 Å². The molecule has 0 aliphatic heterocycles. The predicted molar refractivity (Wildman–Crippen MR) is 140 cm³/mol. The molecule has 8 nitrogen and oxygen atoms in total. The van der Waals surface area contributed by atoms with E-state index in [1.54, 1.807) is 10.6 Å². The van der Waals surface area contributed by atoms with Crippen molar-refractivity contribution in [3.63, 3.8) is 0 Å². The Morgan fingerprint density at radius 3 is 2.44 bits per heavy atom. The molecule has 0 saturated heterocycles. The maximum atomic E-state index is 13.1. The number of methoxy groups -OCH3 is 1. The molecule has 0 aliphatic carbocycles. The number of anilines is 1. The van der Waals surface area contributed by atoms with Gasteiger partial charge in [-0.25, -0.2) is 8.42 Å². The van der Waals surface area contributed by atoms with Gasteiger partial charge in [-0.1, -0.05) is 29.0 Å². The van der Waals surface area contributed by atoms with Gasteiger partial charge in [0.15, 0.2) is 4.80 Å². The van der Waals surface area contributed by atoms with Crippen LogP contribution in [0.2, 0.25) is 5.02 Å². The number of carbonyl (C=O) groups excluding carboxylic acids is 2. The fourth-order valence-electron chi connectivity index (χ4n) is 3.45. The fraction of sp³-hybridized carbons (Fsp3) is 0.160. The van der Waals surface area contributed by atoms with Gasteiger partial charge in [0.2, 0.25) is 0 Å². The van der Waals surface area contributed by atoms with Crippen LogP contribution < -0.4 is 9.52 Å². The van der Waals surface area contributed by atoms with Crippen molar-refractivity contribution in [1.29, 1.82) is 0 Å². The number of amides is 1. The van der Waals surface area contributed by atoms with E-state index >= 15 is 0 Å². The molecule has 1 amide bonds. The van der Waals surface area contributed by atoms with Crippen molar-refractivity contribution in [1.82, 2.24) is 4.57 Å². The molecule has 1 heterocycles. The van der Waals surface area contributed by atoms with Crippen LogP contribution in [-0.2, 0) is 26.1 Å². The van der Waals surface area contributed by atoms with Gasteiger partial charge in [-0.2, -0.15) is 4.99 Å². The number of hydrogen-bond donors (Lipinski definition) is 1. The van der Waals surface area contributed by atoms with E-state index in [0.29, 0.717) is 9.82 Å². The molecule has 0 unspecified atom stereocenters. The number of aryl methyl sites for hydroxylation is 2. The number of thiazole rings is 1. The topological polar surface area (TPSA) is 107 Å². The molecule has 0 radical (unpaired) electrons. The van der Waals surface area contributed by atoms with Crippen LogP contribution in [0.5, 0.6) is 0 Å². The molecule has 11 heteroatoms. The van der Waals surface area contributed by atoms with Crippen LogP contribution in [0, 0.1) is 13.8 Å². The zero-order valence-electron chi connectivity index (χ0n) is 19.6. The molecular weight excluding hydrogens is 522 g/mol. The van der Waals surface area contributed by atoms with Crippen molar-refractivity contribution in [3.8, 4) is 0 Å². The van der Waals surface area contributed by atoms with Crippen LogP contribution in [-0.4, -0.2) is 32.0 Å². The first-order chi connectivity index (χ1) is 17.1. The molecule has 4 aromatic rings. The van der Waals surface area contributed by atoms with Crippen LogP contribution >= 0.6 is 22.9 Å². The summed E-state index contributed by atoms with van der Waals surface area (Å²) in [7, 11) is -2.59. The van der Waals surface area contributed by atoms with Crippen molar-refractivity contribution in [2.45, 2.75) is 25.3 Å². The van der Waals surface area contributed by atoms with E-state index in [1.807, 2.05) is 26.0 Å². The Labute approximate surface area is 216 Å². The summed E-state index contributed by atoms with van der Waals surface area (Å²) in [4.78, 5) is 29.8. The smallest absolute Gasteiger partial charge is 0.325 e. The summed E-state index contributed by atoms with van der Waals surface area (Å²) in [6.45, 7) is 3.84. The van der Waals surface area contributed by atoms with Gasteiger partial charge in [0.05, 0.1) is 22.2 Å². The van der Waals surface area contributed by atoms with Crippen LogP contribution in [0.4, 0.5) is 5.69 Å². The summed E-state index contributed by atoms with van der Waals surface area (Å²) >= 11 is 7.12. The Hall–Kier alpha value is -3.47. The zero-order chi connectivity index (χ0) is 26.0. The number of benzene rings is 3. The van der Waals surface area contributed by atoms with Crippen LogP contribution in [0.25, 0.3) is 10.2 Å². The Bertz CT molecular complexity index is 1660. The van der Waals surface area contributed by atoms with Gasteiger partial charge in [0, 0.05) is 16.3 Å². The number of nitrogens with one attached hydrogen (secondary N) is 1. The average molecular weight is 544 g/mol. The first-order valence-electron chi connectivity index (χ1n) is 10.7. The number of fused-ring (bicyclic) bond motifs is 1. The molecule has 0 aliphatic rings. The maximum Gasteiger partial charge on any atom is 0.325 e. The van der Waals surface area contributed by atoms with Crippen molar-refractivity contribution in [2.75, 3.05) is 11.8 Å². The number of ether oxygens (including phenoxy) is 1. The van der Waals surface area contributed by atoms with E-state index in [9.17, 15) is 18.0 Å². The van der Waals surface area contributed by atoms with Crippen LogP contribution in [0.1, 0.15) is 21.5 Å². The minimum atomic E-state index is -3.88. The summed E-state index contributed by atoms with van der Waals surface area (Å²) < 4.78 is 35.2. The molecule has 3 aromatic carbocycles. The van der Waals surface area contributed by atoms with Gasteiger partial charge in [-0.05, 0) is 79.6 Å². The molecule has 186 valence electrons. The van der Waals surface area contributed by atoms with Gasteiger partial charge in [0.1, 0.15) is 6.54 Å². The van der Waals surface area contributed by atoms with E-state index in [0.717, 1.165) is 21.3 Å². The molecule has 0 saturated carbocycles. The summed E-state index contributed by atoms with van der Waals surface area (Å²) in [6.07, 6.45) is 0. The molecule has 0 bridgehead atoms. The first kappa shape index (κ1) is 25.6. The molecule has 4 rings (SSSR count). The highest BCUT2D eigenvalue weighted by molar-refractivity contribution is 7.92. The Morgan fingerprint density at radius 2 is 1.75 bits per heavy atom. The number of hydrogen-bond acceptors (Lipinski definition) is 6. The third-order valence-electron chi connectivity index (χ3n) is 5.50. The number of rotatable bonds is 6. The summed E-state index contributed by atoms with van der Waals surface area (Å²) in [6, 6.07) is 15.7. The summed E-state index contributed by atoms with van der Waals surface area (Å²) in [5.41, 5.74) is 3.27. The number of halogens is 1. The third kappa shape index (κ3) is 5.51. The largest absolute Gasteiger partial charge is 0.468 e. The van der Waals surface area contributed by atoms with Crippen molar-refractivity contribution >= 4 is 60.7 Å². The summed E-state index contributed by atoms with van der Waals surface area (Å²) in [5, 5.41) is 0.416. The molecule has 36 heavy (non-hydrogen) atoms. The Morgan fingerprint density at radius 1 is 1.06 bits per heavy atom. The van der Waals surface area contributed by atoms with E-state index < -0.39 is 21.9 Å². The van der Waals surface area contributed by atoms with Crippen molar-refractivity contribution in [2.24, 2.45) is 4.99 Å². The lowest BCUT2D eigenvalue weighted by Crippen LogP contribution is -2.22. The van der Waals surface area contributed by atoms with Gasteiger partial charge in [-0.15, -0.1) is 0 Å². The second-order valence-corrected chi connectivity index (χ2v) is 11.1. The molecule has 0 spiro atoms. The number of sulfonamides is 1. The van der Waals surface area contributed by atoms with Crippen molar-refractivity contribution < 1.29 is 22.7 Å². The molecule has 1 aromatic heterocycles. The maximum absolute atomic E-state index is 13.1. The van der Waals surface area contributed by atoms with E-state index in [4.69, 9.17) is 16.3 Å². The number of aromatic nitrogens is 1. The van der Waals surface area contributed by atoms with Crippen LogP contribution in [0.15, 0.2) is 70.6 Å². The minimum Gasteiger partial charge on any atom is -0.468 e. The molecule has 1 N–H and O–H groups in total. The highest BCUT2D eigenvalue weighted by Crippen LogP contribution is 2.23. The molecule has 0 atom stereocenters. The second kappa shape index (κ2) is 10.3. The van der Waals surface area contributed by atoms with Gasteiger partial charge in [0.25, 0.3) is 15.9 Å². The van der Waals surface area contributed by atoms with Gasteiger partial charge >= 0.3 is 5.97 Å². The minimum absolute atomic E-state index is 0.0352. The van der Waals surface area contributed by atoms with E-state index in [-0.39, 0.29) is 22.7 Å². The normalized spacial score (nSPS) is 12.1. The lowest BCUT2D eigenvalue weighted by Gasteiger charge is -2.09. The van der Waals surface area contributed by atoms with Gasteiger partial charge in [-0.3, -0.25) is 14.3 Å². The lowest BCUT2D eigenvalue weighted by molar-refractivity contribution is -0.141. The first-order valence-corrected chi connectivity index (χ1v) is 13.4. The standard InChI is InChI=1S/C25H22ClN3O5S2/c1-15-11-21-22(12-16(15)2)35-25(29(21)14-23(30)34-3)27-24(31)17-5-4-6-19(13-17)28-36(32,33)20-9-7-18(26)8-10-20/h4-13,28H,14H2,1-3H3. The highest BCUT2D eigenvalue weighted by atomic mass is 35.5. The number of carbonyl (C=O) groups is 2. The average Bonchev–Trinajstić information content (AvgIpc) is 3.14. The Kier molecular flexibility index (Phi) is 7.30. The number of nitrogens with zero attached hydrogens (tertiary/aromatic N) is 2. The quantitative estimate of drug-likeness (QED) is 0.355. The fourth-order valence-corrected chi connectivity index (χ4v) is 5.73. The lowest BCUT2D eigenvalue weighted by atomic mass is 10.1. The second-order valence-electron chi connectivity index (χ2n) is 8.01. The highest BCUT2D eigenvalue weighted by Gasteiger charge is 2.16. The van der Waals surface area contributed by atoms with E-state index in [2.05, 4.69) is 9.71 Å². The van der Waals surface area contributed by atoms with Crippen molar-refractivity contribution in [3.05, 3.63) is 87.2 Å². The van der Waals surface area contributed by atoms with Gasteiger partial charge < -0.3 is 9.30 Å². The molecular formula is C25H22ClN3O5S2. The SMILES string of the molecule is COC(=O)Cn1c(=NC(=O)c2cccc(NS(=O)(=O)c3ccc(Cl)cc3)c2)sc2cc(C)c(C)cc21. The predicted octanol–water partition coefficient (Wildman–Crippen LogP) is 4.69.